The van der Waals surface area contributed by atoms with Gasteiger partial charge in [0.1, 0.15) is 0 Å². The van der Waals surface area contributed by atoms with E-state index in [1.54, 1.807) is 11.8 Å². The Kier molecular flexibility index (Phi) is 5.20. The molecule has 2 N–H and O–H groups in total. The van der Waals surface area contributed by atoms with Crippen LogP contribution in [0.1, 0.15) is 44.9 Å². The topological polar surface area (TPSA) is 58.2 Å². The van der Waals surface area contributed by atoms with Gasteiger partial charge in [-0.2, -0.15) is 0 Å². The zero-order valence-corrected chi connectivity index (χ0v) is 16.4. The lowest BCUT2D eigenvalue weighted by molar-refractivity contribution is -0.148. The van der Waals surface area contributed by atoms with Crippen molar-refractivity contribution < 1.29 is 9.59 Å². The molecule has 4 aliphatic carbocycles. The van der Waals surface area contributed by atoms with Crippen molar-refractivity contribution in [2.24, 2.45) is 23.2 Å². The van der Waals surface area contributed by atoms with Crippen LogP contribution in [0.2, 0.25) is 5.02 Å². The lowest BCUT2D eigenvalue weighted by atomic mass is 9.49. The number of rotatable bonds is 5. The van der Waals surface area contributed by atoms with Crippen molar-refractivity contribution in [1.82, 2.24) is 10.9 Å². The van der Waals surface area contributed by atoms with Crippen LogP contribution >= 0.6 is 23.4 Å². The predicted octanol–water partition coefficient (Wildman–Crippen LogP) is 4.19. The maximum Gasteiger partial charge on any atom is 0.244 e. The Morgan fingerprint density at radius 2 is 1.58 bits per heavy atom. The van der Waals surface area contributed by atoms with Crippen molar-refractivity contribution >= 4 is 35.2 Å². The number of benzene rings is 1. The third-order valence-corrected chi connectivity index (χ3v) is 7.51. The molecule has 140 valence electrons. The van der Waals surface area contributed by atoms with E-state index >= 15 is 0 Å². The molecule has 2 amide bonds. The molecule has 6 heteroatoms. The van der Waals surface area contributed by atoms with Crippen molar-refractivity contribution in [3.63, 3.8) is 0 Å². The van der Waals surface area contributed by atoms with Crippen molar-refractivity contribution in [3.05, 3.63) is 29.3 Å². The van der Waals surface area contributed by atoms with Crippen LogP contribution < -0.4 is 10.9 Å². The molecule has 0 spiro atoms. The van der Waals surface area contributed by atoms with Gasteiger partial charge in [-0.1, -0.05) is 11.6 Å². The normalized spacial score (nSPS) is 31.7. The van der Waals surface area contributed by atoms with Crippen molar-refractivity contribution in [2.45, 2.75) is 49.8 Å². The highest BCUT2D eigenvalue weighted by Crippen LogP contribution is 2.60. The number of thioether (sulfide) groups is 1. The van der Waals surface area contributed by atoms with Gasteiger partial charge in [0, 0.05) is 22.1 Å². The molecular weight excluding hydrogens is 368 g/mol. The summed E-state index contributed by atoms with van der Waals surface area (Å²) in [5.41, 5.74) is 5.14. The summed E-state index contributed by atoms with van der Waals surface area (Å²) in [4.78, 5) is 25.9. The van der Waals surface area contributed by atoms with E-state index in [9.17, 15) is 9.59 Å². The second kappa shape index (κ2) is 7.43. The summed E-state index contributed by atoms with van der Waals surface area (Å²) in [7, 11) is 0. The highest BCUT2D eigenvalue weighted by atomic mass is 35.5. The van der Waals surface area contributed by atoms with Crippen LogP contribution in [0, 0.1) is 23.2 Å². The molecule has 4 aliphatic rings. The molecule has 0 aliphatic heterocycles. The van der Waals surface area contributed by atoms with Gasteiger partial charge in [0.2, 0.25) is 11.8 Å². The summed E-state index contributed by atoms with van der Waals surface area (Å²) in [5.74, 6) is 2.73. The number of hydrazine groups is 1. The molecular formula is C20H25ClN2O2S. The Labute approximate surface area is 163 Å². The molecule has 26 heavy (non-hydrogen) atoms. The van der Waals surface area contributed by atoms with E-state index in [-0.39, 0.29) is 17.2 Å². The number of hydrogen-bond acceptors (Lipinski definition) is 3. The minimum atomic E-state index is -0.222. The fourth-order valence-electron chi connectivity index (χ4n) is 5.50. The lowest BCUT2D eigenvalue weighted by Gasteiger charge is -2.55. The fraction of sp³-hybridized carbons (Fsp3) is 0.600. The third-order valence-electron chi connectivity index (χ3n) is 6.25. The zero-order valence-electron chi connectivity index (χ0n) is 14.8. The molecule has 4 nitrogen and oxygen atoms in total. The van der Waals surface area contributed by atoms with E-state index in [2.05, 4.69) is 10.9 Å². The van der Waals surface area contributed by atoms with Crippen molar-refractivity contribution in [2.75, 3.05) is 5.75 Å². The van der Waals surface area contributed by atoms with Crippen LogP contribution in [0.4, 0.5) is 0 Å². The van der Waals surface area contributed by atoms with Gasteiger partial charge in [0.25, 0.3) is 0 Å². The van der Waals surface area contributed by atoms with E-state index < -0.39 is 0 Å². The SMILES string of the molecule is O=C(CCSc1ccc(Cl)cc1)NNC(=O)C12CC3CC(CC(C3)C1)C2. The molecule has 0 saturated heterocycles. The molecule has 4 fully saturated rings. The van der Waals surface area contributed by atoms with Crippen LogP contribution in [-0.4, -0.2) is 17.6 Å². The van der Waals surface area contributed by atoms with Gasteiger partial charge in [-0.15, -0.1) is 11.8 Å². The standard InChI is InChI=1S/C20H25ClN2O2S/c21-16-1-3-17(4-2-16)26-6-5-18(24)22-23-19(25)20-10-13-7-14(11-20)9-15(8-13)12-20/h1-4,13-15H,5-12H2,(H,22,24)(H,23,25). The Morgan fingerprint density at radius 3 is 2.15 bits per heavy atom. The van der Waals surface area contributed by atoms with E-state index in [1.807, 2.05) is 24.3 Å². The van der Waals surface area contributed by atoms with Gasteiger partial charge >= 0.3 is 0 Å². The summed E-state index contributed by atoms with van der Waals surface area (Å²) in [6, 6.07) is 7.57. The smallest absolute Gasteiger partial charge is 0.244 e. The number of carbonyl (C=O) groups is 2. The quantitative estimate of drug-likeness (QED) is 0.583. The van der Waals surface area contributed by atoms with Crippen molar-refractivity contribution in [1.29, 1.82) is 0 Å². The highest BCUT2D eigenvalue weighted by molar-refractivity contribution is 7.99. The molecule has 0 radical (unpaired) electrons. The van der Waals surface area contributed by atoms with E-state index in [1.165, 1.54) is 19.3 Å². The van der Waals surface area contributed by atoms with Gasteiger partial charge < -0.3 is 0 Å². The first-order chi connectivity index (χ1) is 12.5. The average Bonchev–Trinajstić information content (AvgIpc) is 2.60. The fourth-order valence-corrected chi connectivity index (χ4v) is 6.48. The van der Waals surface area contributed by atoms with Gasteiger partial charge in [0.05, 0.1) is 5.41 Å². The maximum atomic E-state index is 12.8. The molecule has 0 heterocycles. The van der Waals surface area contributed by atoms with E-state index in [0.717, 1.165) is 41.9 Å². The summed E-state index contributed by atoms with van der Waals surface area (Å²) < 4.78 is 0. The van der Waals surface area contributed by atoms with Crippen LogP contribution in [0.25, 0.3) is 0 Å². The molecule has 0 aromatic heterocycles. The van der Waals surface area contributed by atoms with Crippen LogP contribution in [0.5, 0.6) is 0 Å². The molecule has 0 unspecified atom stereocenters. The molecule has 4 bridgehead atoms. The number of carbonyl (C=O) groups excluding carboxylic acids is 2. The molecule has 0 atom stereocenters. The Morgan fingerprint density at radius 1 is 1.00 bits per heavy atom. The van der Waals surface area contributed by atoms with Gasteiger partial charge in [0.15, 0.2) is 0 Å². The Balaban J connectivity index is 1.22. The van der Waals surface area contributed by atoms with Crippen LogP contribution in [-0.2, 0) is 9.59 Å². The first-order valence-electron chi connectivity index (χ1n) is 9.50. The third kappa shape index (κ3) is 3.89. The second-order valence-electron chi connectivity index (χ2n) is 8.25. The van der Waals surface area contributed by atoms with E-state index in [4.69, 9.17) is 11.6 Å². The summed E-state index contributed by atoms with van der Waals surface area (Å²) in [6.45, 7) is 0. The first-order valence-corrected chi connectivity index (χ1v) is 10.9. The lowest BCUT2D eigenvalue weighted by Crippen LogP contribution is -2.56. The number of nitrogens with one attached hydrogen (secondary N) is 2. The van der Waals surface area contributed by atoms with Gasteiger partial charge in [-0.05, 0) is 80.5 Å². The largest absolute Gasteiger partial charge is 0.273 e. The van der Waals surface area contributed by atoms with Gasteiger partial charge in [-0.3, -0.25) is 20.4 Å². The number of halogens is 1. The Hall–Kier alpha value is -1.20. The predicted molar refractivity (Wildman–Crippen MR) is 104 cm³/mol. The second-order valence-corrected chi connectivity index (χ2v) is 9.86. The van der Waals surface area contributed by atoms with E-state index in [0.29, 0.717) is 17.2 Å². The molecule has 5 rings (SSSR count). The maximum absolute atomic E-state index is 12.8. The summed E-state index contributed by atoms with van der Waals surface area (Å²) in [5, 5.41) is 0.708. The highest BCUT2D eigenvalue weighted by Gasteiger charge is 2.54. The first kappa shape index (κ1) is 18.2. The van der Waals surface area contributed by atoms with Crippen LogP contribution in [0.3, 0.4) is 0 Å². The van der Waals surface area contributed by atoms with Crippen LogP contribution in [0.15, 0.2) is 29.2 Å². The number of hydrogen-bond donors (Lipinski definition) is 2. The minimum Gasteiger partial charge on any atom is -0.273 e. The summed E-state index contributed by atoms with van der Waals surface area (Å²) in [6.07, 6.45) is 7.31. The zero-order chi connectivity index (χ0) is 18.1. The molecule has 1 aromatic rings. The average molecular weight is 393 g/mol. The Bertz CT molecular complexity index is 656. The minimum absolute atomic E-state index is 0.0373. The summed E-state index contributed by atoms with van der Waals surface area (Å²) >= 11 is 7.47. The monoisotopic (exact) mass is 392 g/mol. The van der Waals surface area contributed by atoms with Crippen molar-refractivity contribution in [3.8, 4) is 0 Å². The van der Waals surface area contributed by atoms with Gasteiger partial charge in [-0.25, -0.2) is 0 Å². The molecule has 1 aromatic carbocycles. The molecule has 4 saturated carbocycles. The number of amides is 2.